The van der Waals surface area contributed by atoms with Crippen molar-refractivity contribution < 1.29 is 22.4 Å². The summed E-state index contributed by atoms with van der Waals surface area (Å²) in [4.78, 5) is 24.1. The summed E-state index contributed by atoms with van der Waals surface area (Å²) >= 11 is 0. The van der Waals surface area contributed by atoms with Crippen molar-refractivity contribution >= 4 is 33.2 Å². The van der Waals surface area contributed by atoms with Crippen LogP contribution in [-0.4, -0.2) is 26.8 Å². The Labute approximate surface area is 179 Å². The number of carbonyl (C=O) groups is 2. The zero-order valence-corrected chi connectivity index (χ0v) is 17.2. The minimum atomic E-state index is -3.99. The smallest absolute Gasteiger partial charge is 0.261 e. The first-order chi connectivity index (χ1) is 14.8. The van der Waals surface area contributed by atoms with E-state index in [-0.39, 0.29) is 35.1 Å². The number of hydrogen-bond donors (Lipinski definition) is 3. The minimum Gasteiger partial charge on any atom is -0.347 e. The van der Waals surface area contributed by atoms with E-state index in [1.165, 1.54) is 12.1 Å². The predicted molar refractivity (Wildman–Crippen MR) is 115 cm³/mol. The van der Waals surface area contributed by atoms with Crippen LogP contribution in [0.3, 0.4) is 0 Å². The van der Waals surface area contributed by atoms with Gasteiger partial charge in [-0.15, -0.1) is 0 Å². The zero-order valence-electron chi connectivity index (χ0n) is 16.3. The molecule has 0 saturated carbocycles. The number of amides is 2. The number of para-hydroxylation sites is 2. The van der Waals surface area contributed by atoms with Gasteiger partial charge in [0.15, 0.2) is 0 Å². The molecule has 3 rings (SSSR count). The van der Waals surface area contributed by atoms with Crippen LogP contribution < -0.4 is 15.4 Å². The Bertz CT molecular complexity index is 1170. The van der Waals surface area contributed by atoms with Crippen molar-refractivity contribution in [3.63, 3.8) is 0 Å². The molecule has 0 saturated heterocycles. The summed E-state index contributed by atoms with van der Waals surface area (Å²) in [7, 11) is -3.99. The zero-order chi connectivity index (χ0) is 22.3. The highest BCUT2D eigenvalue weighted by Crippen LogP contribution is 2.24. The molecular weight excluding hydrogens is 421 g/mol. The lowest BCUT2D eigenvalue weighted by molar-refractivity contribution is -0.123. The Morgan fingerprint density at radius 1 is 0.774 bits per heavy atom. The summed E-state index contributed by atoms with van der Waals surface area (Å²) in [6.07, 6.45) is 0.141. The maximum absolute atomic E-state index is 13.1. The third-order valence-corrected chi connectivity index (χ3v) is 5.60. The van der Waals surface area contributed by atoms with E-state index >= 15 is 0 Å². The topological polar surface area (TPSA) is 104 Å². The van der Waals surface area contributed by atoms with Crippen molar-refractivity contribution in [3.05, 3.63) is 90.2 Å². The van der Waals surface area contributed by atoms with E-state index in [0.29, 0.717) is 0 Å². The molecule has 3 aromatic rings. The van der Waals surface area contributed by atoms with Crippen molar-refractivity contribution in [2.45, 2.75) is 11.3 Å². The predicted octanol–water partition coefficient (Wildman–Crippen LogP) is 2.92. The molecule has 2 amide bonds. The molecule has 7 nitrogen and oxygen atoms in total. The molecule has 0 bridgehead atoms. The molecule has 0 aliphatic rings. The van der Waals surface area contributed by atoms with Gasteiger partial charge in [0.25, 0.3) is 10.0 Å². The second kappa shape index (κ2) is 9.86. The average Bonchev–Trinajstić information content (AvgIpc) is 2.74. The van der Waals surface area contributed by atoms with E-state index in [0.717, 1.165) is 29.8 Å². The van der Waals surface area contributed by atoms with Gasteiger partial charge in [0, 0.05) is 0 Å². The fourth-order valence-electron chi connectivity index (χ4n) is 2.72. The molecule has 31 heavy (non-hydrogen) atoms. The van der Waals surface area contributed by atoms with Crippen molar-refractivity contribution in [2.75, 3.05) is 16.6 Å². The van der Waals surface area contributed by atoms with Crippen molar-refractivity contribution in [1.29, 1.82) is 0 Å². The summed E-state index contributed by atoms with van der Waals surface area (Å²) in [6, 6.07) is 19.7. The third kappa shape index (κ3) is 6.38. The second-order valence-corrected chi connectivity index (χ2v) is 8.27. The van der Waals surface area contributed by atoms with Gasteiger partial charge in [-0.2, -0.15) is 0 Å². The molecule has 0 aliphatic carbocycles. The van der Waals surface area contributed by atoms with Crippen LogP contribution in [0.1, 0.15) is 5.56 Å². The molecule has 0 aromatic heterocycles. The lowest BCUT2D eigenvalue weighted by atomic mass is 10.1. The number of anilines is 2. The normalized spacial score (nSPS) is 10.9. The molecular formula is C22H20FN3O4S. The first-order valence-electron chi connectivity index (χ1n) is 9.31. The van der Waals surface area contributed by atoms with Gasteiger partial charge in [0.2, 0.25) is 11.8 Å². The maximum atomic E-state index is 13.1. The van der Waals surface area contributed by atoms with Gasteiger partial charge < -0.3 is 10.6 Å². The van der Waals surface area contributed by atoms with Crippen LogP contribution in [0.2, 0.25) is 0 Å². The Morgan fingerprint density at radius 2 is 1.39 bits per heavy atom. The molecule has 0 heterocycles. The van der Waals surface area contributed by atoms with Crippen LogP contribution in [0, 0.1) is 5.82 Å². The van der Waals surface area contributed by atoms with Gasteiger partial charge in [-0.3, -0.25) is 14.3 Å². The third-order valence-electron chi connectivity index (χ3n) is 4.22. The Morgan fingerprint density at radius 3 is 2.06 bits per heavy atom. The van der Waals surface area contributed by atoms with Gasteiger partial charge in [-0.05, 0) is 42.0 Å². The fourth-order valence-corrected chi connectivity index (χ4v) is 3.80. The summed E-state index contributed by atoms with van der Waals surface area (Å²) in [5.74, 6) is -1.39. The van der Waals surface area contributed by atoms with E-state index < -0.39 is 21.7 Å². The average molecular weight is 441 g/mol. The van der Waals surface area contributed by atoms with E-state index in [1.54, 1.807) is 12.1 Å². The van der Waals surface area contributed by atoms with Crippen LogP contribution in [0.4, 0.5) is 15.8 Å². The molecule has 0 radical (unpaired) electrons. The van der Waals surface area contributed by atoms with Crippen molar-refractivity contribution in [1.82, 2.24) is 5.32 Å². The second-order valence-electron chi connectivity index (χ2n) is 6.59. The number of carbonyl (C=O) groups excluding carboxylic acids is 2. The molecule has 3 aromatic carbocycles. The summed E-state index contributed by atoms with van der Waals surface area (Å²) in [5, 5.41) is 5.10. The Kier molecular flexibility index (Phi) is 6.99. The number of nitrogens with one attached hydrogen (secondary N) is 3. The fraction of sp³-hybridized carbons (Fsp3) is 0.0909. The van der Waals surface area contributed by atoms with Crippen LogP contribution in [0.25, 0.3) is 0 Å². The number of rotatable bonds is 8. The summed E-state index contributed by atoms with van der Waals surface area (Å²) in [6.45, 7) is -0.273. The lowest BCUT2D eigenvalue weighted by Crippen LogP contribution is -2.34. The monoisotopic (exact) mass is 441 g/mol. The van der Waals surface area contributed by atoms with Gasteiger partial charge in [0.1, 0.15) is 5.82 Å². The van der Waals surface area contributed by atoms with E-state index in [9.17, 15) is 22.4 Å². The Balaban J connectivity index is 1.61. The molecule has 0 aliphatic heterocycles. The number of benzene rings is 3. The maximum Gasteiger partial charge on any atom is 0.261 e. The summed E-state index contributed by atoms with van der Waals surface area (Å²) in [5.41, 5.74) is 1.17. The molecule has 3 N–H and O–H groups in total. The van der Waals surface area contributed by atoms with Gasteiger partial charge in [-0.25, -0.2) is 12.8 Å². The largest absolute Gasteiger partial charge is 0.347 e. The van der Waals surface area contributed by atoms with Gasteiger partial charge in [0.05, 0.1) is 29.2 Å². The van der Waals surface area contributed by atoms with E-state index in [4.69, 9.17) is 0 Å². The lowest BCUT2D eigenvalue weighted by Gasteiger charge is -2.14. The highest BCUT2D eigenvalue weighted by molar-refractivity contribution is 7.92. The molecule has 0 unspecified atom stereocenters. The summed E-state index contributed by atoms with van der Waals surface area (Å²) < 4.78 is 40.5. The molecule has 160 valence electrons. The van der Waals surface area contributed by atoms with Gasteiger partial charge >= 0.3 is 0 Å². The molecule has 0 atom stereocenters. The number of hydrogen-bond acceptors (Lipinski definition) is 4. The van der Waals surface area contributed by atoms with Crippen LogP contribution in [0.5, 0.6) is 0 Å². The quantitative estimate of drug-likeness (QED) is 0.500. The van der Waals surface area contributed by atoms with Crippen LogP contribution in [-0.2, 0) is 26.0 Å². The van der Waals surface area contributed by atoms with Crippen LogP contribution >= 0.6 is 0 Å². The number of sulfonamides is 1. The molecule has 0 fully saturated rings. The highest BCUT2D eigenvalue weighted by atomic mass is 32.2. The number of halogens is 1. The molecule has 0 spiro atoms. The van der Waals surface area contributed by atoms with Gasteiger partial charge in [-0.1, -0.05) is 42.5 Å². The standard InChI is InChI=1S/C22H20FN3O4S/c23-17-10-12-18(13-11-17)31(29,30)26-20-9-5-4-8-19(20)25-22(28)15-24-21(27)14-16-6-2-1-3-7-16/h1-13,26H,14-15H2,(H,24,27)(H,25,28). The van der Waals surface area contributed by atoms with Crippen LogP contribution in [0.15, 0.2) is 83.8 Å². The highest BCUT2D eigenvalue weighted by Gasteiger charge is 2.17. The van der Waals surface area contributed by atoms with Crippen molar-refractivity contribution in [3.8, 4) is 0 Å². The minimum absolute atomic E-state index is 0.122. The van der Waals surface area contributed by atoms with E-state index in [2.05, 4.69) is 15.4 Å². The first-order valence-corrected chi connectivity index (χ1v) is 10.8. The Hall–Kier alpha value is -3.72. The SMILES string of the molecule is O=C(Cc1ccccc1)NCC(=O)Nc1ccccc1NS(=O)(=O)c1ccc(F)cc1. The van der Waals surface area contributed by atoms with E-state index in [1.807, 2.05) is 30.3 Å². The van der Waals surface area contributed by atoms with Crippen molar-refractivity contribution in [2.24, 2.45) is 0 Å². The molecule has 9 heteroatoms. The first kappa shape index (κ1) is 22.0.